The first-order valence-corrected chi connectivity index (χ1v) is 19.8. The van der Waals surface area contributed by atoms with Crippen LogP contribution in [0.15, 0.2) is 206 Å². The molecule has 0 N–H and O–H groups in total. The van der Waals surface area contributed by atoms with Crippen molar-refractivity contribution in [3.05, 3.63) is 206 Å². The fourth-order valence-corrected chi connectivity index (χ4v) is 9.12. The minimum absolute atomic E-state index is 0.660. The molecule has 4 heteroatoms. The van der Waals surface area contributed by atoms with Gasteiger partial charge < -0.3 is 4.57 Å². The average Bonchev–Trinajstić information content (AvgIpc) is 3.82. The lowest BCUT2D eigenvalue weighted by Gasteiger charge is -2.14. The van der Waals surface area contributed by atoms with Crippen molar-refractivity contribution in [3.8, 4) is 45.1 Å². The Morgan fingerprint density at radius 1 is 0.310 bits per heavy atom. The van der Waals surface area contributed by atoms with Crippen LogP contribution >= 0.6 is 0 Å². The van der Waals surface area contributed by atoms with Crippen molar-refractivity contribution in [1.82, 2.24) is 19.1 Å². The molecule has 0 saturated heterocycles. The maximum atomic E-state index is 5.36. The van der Waals surface area contributed by atoms with E-state index in [9.17, 15) is 0 Å². The van der Waals surface area contributed by atoms with Crippen molar-refractivity contribution in [1.29, 1.82) is 0 Å². The lowest BCUT2D eigenvalue weighted by Crippen LogP contribution is -2.03. The third-order valence-electron chi connectivity index (χ3n) is 11.7. The summed E-state index contributed by atoms with van der Waals surface area (Å²) in [6, 6.07) is 73.8. The molecule has 0 aliphatic carbocycles. The molecule has 58 heavy (non-hydrogen) atoms. The molecular weight excluding hydrogens is 705 g/mol. The average molecular weight is 739 g/mol. The molecule has 3 heterocycles. The van der Waals surface area contributed by atoms with E-state index in [1.54, 1.807) is 0 Å². The van der Waals surface area contributed by atoms with Crippen molar-refractivity contribution >= 4 is 65.3 Å². The molecule has 0 fully saturated rings. The molecule has 0 atom stereocenters. The van der Waals surface area contributed by atoms with Crippen molar-refractivity contribution < 1.29 is 0 Å². The quantitative estimate of drug-likeness (QED) is 0.176. The molecule has 0 bridgehead atoms. The van der Waals surface area contributed by atoms with E-state index < -0.39 is 0 Å². The van der Waals surface area contributed by atoms with E-state index in [1.165, 1.54) is 60.2 Å². The monoisotopic (exact) mass is 738 g/mol. The Bertz CT molecular complexity index is 3560. The summed E-state index contributed by atoms with van der Waals surface area (Å²) in [6.07, 6.45) is 0. The standard InChI is InChI=1S/C54H34N4/c1-3-16-35(17-4-1)52-44-26-9-12-27-48(44)55-54(56-52)58-50-29-14-11-24-42(50)47-34-45(40-22-7-8-25-43(40)53(47)58)38-19-15-18-36(32-38)37-30-31-51-46(33-37)41-23-10-13-28-49(41)57(51)39-20-5-2-6-21-39/h1-34H. The molecule has 0 amide bonds. The van der Waals surface area contributed by atoms with E-state index in [4.69, 9.17) is 9.97 Å². The number of rotatable bonds is 5. The zero-order chi connectivity index (χ0) is 38.2. The maximum Gasteiger partial charge on any atom is 0.235 e. The van der Waals surface area contributed by atoms with Crippen LogP contribution in [0.5, 0.6) is 0 Å². The highest BCUT2D eigenvalue weighted by Gasteiger charge is 2.21. The summed E-state index contributed by atoms with van der Waals surface area (Å²) in [5.74, 6) is 0.660. The number of nitrogens with zero attached hydrogens (tertiary/aromatic N) is 4. The van der Waals surface area contributed by atoms with Crippen molar-refractivity contribution in [3.63, 3.8) is 0 Å². The van der Waals surface area contributed by atoms with E-state index >= 15 is 0 Å². The van der Waals surface area contributed by atoms with Gasteiger partial charge in [0.1, 0.15) is 0 Å². The zero-order valence-corrected chi connectivity index (χ0v) is 31.4. The van der Waals surface area contributed by atoms with Crippen LogP contribution < -0.4 is 0 Å². The number of fused-ring (bicyclic) bond motifs is 9. The van der Waals surface area contributed by atoms with Gasteiger partial charge in [-0.25, -0.2) is 9.97 Å². The molecular formula is C54H34N4. The summed E-state index contributed by atoms with van der Waals surface area (Å²) in [5, 5.41) is 8.20. The highest BCUT2D eigenvalue weighted by Crippen LogP contribution is 2.43. The number of aromatic nitrogens is 4. The van der Waals surface area contributed by atoms with Crippen molar-refractivity contribution in [2.24, 2.45) is 0 Å². The topological polar surface area (TPSA) is 35.6 Å². The van der Waals surface area contributed by atoms with Crippen LogP contribution in [0.2, 0.25) is 0 Å². The zero-order valence-electron chi connectivity index (χ0n) is 31.4. The minimum atomic E-state index is 0.660. The fourth-order valence-electron chi connectivity index (χ4n) is 9.12. The molecule has 9 aromatic carbocycles. The Morgan fingerprint density at radius 2 is 0.879 bits per heavy atom. The van der Waals surface area contributed by atoms with Gasteiger partial charge in [0.05, 0.1) is 33.3 Å². The number of para-hydroxylation sites is 4. The summed E-state index contributed by atoms with van der Waals surface area (Å²) < 4.78 is 4.64. The van der Waals surface area contributed by atoms with Crippen LogP contribution in [0.25, 0.3) is 110 Å². The van der Waals surface area contributed by atoms with E-state index in [0.717, 1.165) is 44.3 Å². The molecule has 0 saturated carbocycles. The lowest BCUT2D eigenvalue weighted by atomic mass is 9.93. The highest BCUT2D eigenvalue weighted by molar-refractivity contribution is 6.22. The fraction of sp³-hybridized carbons (Fsp3) is 0. The van der Waals surface area contributed by atoms with Gasteiger partial charge in [0.2, 0.25) is 5.95 Å². The molecule has 12 aromatic rings. The maximum absolute atomic E-state index is 5.36. The predicted molar refractivity (Wildman–Crippen MR) is 242 cm³/mol. The molecule has 0 aliphatic rings. The second-order valence-electron chi connectivity index (χ2n) is 15.0. The summed E-state index contributed by atoms with van der Waals surface area (Å²) in [4.78, 5) is 10.6. The van der Waals surface area contributed by atoms with Crippen LogP contribution in [0, 0.1) is 0 Å². The van der Waals surface area contributed by atoms with Gasteiger partial charge in [-0.3, -0.25) is 4.57 Å². The van der Waals surface area contributed by atoms with Gasteiger partial charge >= 0.3 is 0 Å². The Labute approximate surface area is 334 Å². The van der Waals surface area contributed by atoms with Crippen LogP contribution in [0.4, 0.5) is 0 Å². The molecule has 12 rings (SSSR count). The molecule has 4 nitrogen and oxygen atoms in total. The van der Waals surface area contributed by atoms with E-state index in [2.05, 4.69) is 209 Å². The van der Waals surface area contributed by atoms with Gasteiger partial charge in [-0.2, -0.15) is 0 Å². The molecule has 0 aliphatic heterocycles. The molecule has 0 radical (unpaired) electrons. The van der Waals surface area contributed by atoms with Crippen molar-refractivity contribution in [2.75, 3.05) is 0 Å². The Morgan fingerprint density at radius 3 is 1.67 bits per heavy atom. The number of benzene rings is 9. The van der Waals surface area contributed by atoms with Gasteiger partial charge in [0.15, 0.2) is 0 Å². The first kappa shape index (κ1) is 32.4. The van der Waals surface area contributed by atoms with E-state index in [0.29, 0.717) is 5.95 Å². The summed E-state index contributed by atoms with van der Waals surface area (Å²) in [5.41, 5.74) is 13.4. The second kappa shape index (κ2) is 12.9. The first-order chi connectivity index (χ1) is 28.8. The third-order valence-corrected chi connectivity index (χ3v) is 11.7. The Kier molecular flexibility index (Phi) is 7.20. The van der Waals surface area contributed by atoms with Crippen LogP contribution in [-0.2, 0) is 0 Å². The van der Waals surface area contributed by atoms with Gasteiger partial charge in [0, 0.05) is 43.6 Å². The molecule has 0 spiro atoms. The van der Waals surface area contributed by atoms with Gasteiger partial charge in [-0.05, 0) is 82.2 Å². The van der Waals surface area contributed by atoms with Gasteiger partial charge in [-0.1, -0.05) is 152 Å². The van der Waals surface area contributed by atoms with Gasteiger partial charge in [-0.15, -0.1) is 0 Å². The Hall–Kier alpha value is -7.82. The van der Waals surface area contributed by atoms with Gasteiger partial charge in [0.25, 0.3) is 0 Å². The van der Waals surface area contributed by atoms with Crippen molar-refractivity contribution in [2.45, 2.75) is 0 Å². The molecule has 0 unspecified atom stereocenters. The van der Waals surface area contributed by atoms with E-state index in [1.807, 2.05) is 6.07 Å². The van der Waals surface area contributed by atoms with Crippen LogP contribution in [0.3, 0.4) is 0 Å². The largest absolute Gasteiger partial charge is 0.309 e. The molecule has 270 valence electrons. The Balaban J connectivity index is 1.07. The highest BCUT2D eigenvalue weighted by atomic mass is 15.2. The van der Waals surface area contributed by atoms with Crippen LogP contribution in [0.1, 0.15) is 0 Å². The summed E-state index contributed by atoms with van der Waals surface area (Å²) in [6.45, 7) is 0. The number of hydrogen-bond donors (Lipinski definition) is 0. The third kappa shape index (κ3) is 4.95. The first-order valence-electron chi connectivity index (χ1n) is 19.8. The summed E-state index contributed by atoms with van der Waals surface area (Å²) >= 11 is 0. The predicted octanol–water partition coefficient (Wildman–Crippen LogP) is 14.0. The molecule has 3 aromatic heterocycles. The second-order valence-corrected chi connectivity index (χ2v) is 15.0. The number of hydrogen-bond acceptors (Lipinski definition) is 2. The SMILES string of the molecule is c1ccc(-c2nc(-n3c4ccccc4c4cc(-c5cccc(-c6ccc7c(c6)c6ccccc6n7-c6ccccc6)c5)c5ccccc5c43)nc3ccccc23)cc1. The normalized spacial score (nSPS) is 11.8. The van der Waals surface area contributed by atoms with E-state index in [-0.39, 0.29) is 0 Å². The lowest BCUT2D eigenvalue weighted by molar-refractivity contribution is 1.02. The van der Waals surface area contributed by atoms with Crippen LogP contribution in [-0.4, -0.2) is 19.1 Å². The smallest absolute Gasteiger partial charge is 0.235 e. The summed E-state index contributed by atoms with van der Waals surface area (Å²) in [7, 11) is 0. The minimum Gasteiger partial charge on any atom is -0.309 e.